The molecule has 1 N–H and O–H groups in total. The molecule has 1 aliphatic heterocycles. The third-order valence-electron chi connectivity index (χ3n) is 1.80. The smallest absolute Gasteiger partial charge is 0.129 e. The first-order chi connectivity index (χ1) is 4.24. The van der Waals surface area contributed by atoms with Crippen LogP contribution in [0, 0.1) is 0 Å². The Bertz CT molecular complexity index is 102. The van der Waals surface area contributed by atoms with Crippen molar-refractivity contribution < 1.29 is 5.82 Å². The molecule has 1 rings (SSSR count). The number of nitrogens with one attached hydrogen (secondary N) is 1. The third-order valence-corrected chi connectivity index (χ3v) is 1.80. The maximum absolute atomic E-state index is 12.7. The fraction of sp³-hybridized carbons (Fsp3) is 1.00. The zero-order chi connectivity index (χ0) is 6.85. The Hall–Kier alpha value is -0.150. The molecule has 0 aromatic rings. The Morgan fingerprint density at radius 3 is 2.56 bits per heavy atom. The summed E-state index contributed by atoms with van der Waals surface area (Å²) in [5.41, 5.74) is 0. The first-order valence-corrected chi connectivity index (χ1v) is 3.24. The summed E-state index contributed by atoms with van der Waals surface area (Å²) in [7, 11) is 3.74. The molecule has 1 fully saturated rings. The largest absolute Gasteiger partial charge is 0.313 e. The molecule has 2 nitrogen and oxygen atoms in total. The second kappa shape index (κ2) is 2.62. The fourth-order valence-corrected chi connectivity index (χ4v) is 1.22. The average molecular weight is 134 g/mol. The Balaban J connectivity index is 0.000000810. The second-order valence-electron chi connectivity index (χ2n) is 2.63. The monoisotopic (exact) mass is 134 g/mol. The summed E-state index contributed by atoms with van der Waals surface area (Å²) >= 11 is 0. The van der Waals surface area contributed by atoms with E-state index in [1.54, 1.807) is 7.05 Å². The SMILES string of the molecule is CNC1CN(C)CC1F.[HH]. The van der Waals surface area contributed by atoms with Gasteiger partial charge in [-0.2, -0.15) is 0 Å². The number of nitrogens with zero attached hydrogens (tertiary/aromatic N) is 1. The van der Waals surface area contributed by atoms with Gasteiger partial charge in [-0.05, 0) is 14.1 Å². The van der Waals surface area contributed by atoms with E-state index in [0.29, 0.717) is 6.54 Å². The van der Waals surface area contributed by atoms with Crippen LogP contribution >= 0.6 is 0 Å². The van der Waals surface area contributed by atoms with Gasteiger partial charge in [0.1, 0.15) is 6.17 Å². The summed E-state index contributed by atoms with van der Waals surface area (Å²) in [6.45, 7) is 1.41. The lowest BCUT2D eigenvalue weighted by Gasteiger charge is -2.08. The summed E-state index contributed by atoms with van der Waals surface area (Å²) in [5.74, 6) is 0. The second-order valence-corrected chi connectivity index (χ2v) is 2.63. The van der Waals surface area contributed by atoms with Crippen molar-refractivity contribution in [3.63, 3.8) is 0 Å². The molecule has 0 radical (unpaired) electrons. The van der Waals surface area contributed by atoms with Gasteiger partial charge in [0.2, 0.25) is 0 Å². The number of likely N-dealkylation sites (tertiary alicyclic amines) is 1. The van der Waals surface area contributed by atoms with Crippen molar-refractivity contribution in [1.29, 1.82) is 0 Å². The van der Waals surface area contributed by atoms with Crippen LogP contribution in [0.1, 0.15) is 1.43 Å². The number of rotatable bonds is 1. The van der Waals surface area contributed by atoms with Crippen LogP contribution in [0.5, 0.6) is 0 Å². The molecule has 56 valence electrons. The van der Waals surface area contributed by atoms with E-state index < -0.39 is 6.17 Å². The highest BCUT2D eigenvalue weighted by atomic mass is 19.1. The minimum absolute atomic E-state index is 0. The van der Waals surface area contributed by atoms with Crippen LogP contribution in [-0.4, -0.2) is 44.3 Å². The molecule has 3 heteroatoms. The predicted molar refractivity (Wildman–Crippen MR) is 37.4 cm³/mol. The summed E-state index contributed by atoms with van der Waals surface area (Å²) in [4.78, 5) is 1.99. The molecule has 0 aromatic heterocycles. The lowest BCUT2D eigenvalue weighted by molar-refractivity contribution is 0.297. The number of alkyl halides is 1. The summed E-state index contributed by atoms with van der Waals surface area (Å²) in [6, 6.07) is 0.0509. The van der Waals surface area contributed by atoms with Crippen molar-refractivity contribution in [3.05, 3.63) is 0 Å². The molecule has 2 unspecified atom stereocenters. The van der Waals surface area contributed by atoms with Gasteiger partial charge in [-0.1, -0.05) is 0 Å². The zero-order valence-corrected chi connectivity index (χ0v) is 5.89. The van der Waals surface area contributed by atoms with Gasteiger partial charge in [0, 0.05) is 14.5 Å². The molecular formula is C6H15FN2. The van der Waals surface area contributed by atoms with E-state index in [-0.39, 0.29) is 7.47 Å². The van der Waals surface area contributed by atoms with Crippen LogP contribution < -0.4 is 5.32 Å². The molecule has 0 spiro atoms. The molecule has 1 aliphatic rings. The maximum Gasteiger partial charge on any atom is 0.129 e. The van der Waals surface area contributed by atoms with Crippen molar-refractivity contribution in [2.24, 2.45) is 0 Å². The van der Waals surface area contributed by atoms with Gasteiger partial charge in [-0.25, -0.2) is 4.39 Å². The zero-order valence-electron chi connectivity index (χ0n) is 5.89. The van der Waals surface area contributed by atoms with Crippen molar-refractivity contribution in [2.75, 3.05) is 27.2 Å². The Morgan fingerprint density at radius 2 is 2.33 bits per heavy atom. The van der Waals surface area contributed by atoms with E-state index in [1.165, 1.54) is 0 Å². The molecule has 9 heavy (non-hydrogen) atoms. The van der Waals surface area contributed by atoms with Gasteiger partial charge in [-0.3, -0.25) is 0 Å². The summed E-state index contributed by atoms with van der Waals surface area (Å²) < 4.78 is 12.7. The predicted octanol–water partition coefficient (Wildman–Crippen LogP) is 0.104. The molecular weight excluding hydrogens is 119 g/mol. The highest BCUT2D eigenvalue weighted by molar-refractivity contribution is 4.86. The molecule has 1 heterocycles. The van der Waals surface area contributed by atoms with Gasteiger partial charge in [-0.15, -0.1) is 0 Å². The fourth-order valence-electron chi connectivity index (χ4n) is 1.22. The molecule has 0 bridgehead atoms. The van der Waals surface area contributed by atoms with Gasteiger partial charge >= 0.3 is 0 Å². The van der Waals surface area contributed by atoms with Crippen LogP contribution in [0.3, 0.4) is 0 Å². The highest BCUT2D eigenvalue weighted by Gasteiger charge is 2.28. The van der Waals surface area contributed by atoms with Crippen molar-refractivity contribution >= 4 is 0 Å². The normalized spacial score (nSPS) is 37.7. The van der Waals surface area contributed by atoms with E-state index in [9.17, 15) is 4.39 Å². The van der Waals surface area contributed by atoms with Crippen LogP contribution in [-0.2, 0) is 0 Å². The van der Waals surface area contributed by atoms with Gasteiger partial charge in [0.25, 0.3) is 0 Å². The number of halogens is 1. The van der Waals surface area contributed by atoms with E-state index in [0.717, 1.165) is 6.54 Å². The van der Waals surface area contributed by atoms with Crippen LogP contribution in [0.4, 0.5) is 4.39 Å². The average Bonchev–Trinajstić information content (AvgIpc) is 2.10. The van der Waals surface area contributed by atoms with Crippen LogP contribution in [0.25, 0.3) is 0 Å². The lowest BCUT2D eigenvalue weighted by Crippen LogP contribution is -2.33. The minimum atomic E-state index is -0.681. The topological polar surface area (TPSA) is 15.3 Å². The lowest BCUT2D eigenvalue weighted by atomic mass is 10.2. The third kappa shape index (κ3) is 1.40. The van der Waals surface area contributed by atoms with Crippen molar-refractivity contribution in [3.8, 4) is 0 Å². The van der Waals surface area contributed by atoms with E-state index in [1.807, 2.05) is 11.9 Å². The quantitative estimate of drug-likeness (QED) is 0.547. The van der Waals surface area contributed by atoms with Crippen LogP contribution in [0.2, 0.25) is 0 Å². The Morgan fingerprint density at radius 1 is 1.67 bits per heavy atom. The maximum atomic E-state index is 12.7. The van der Waals surface area contributed by atoms with E-state index in [4.69, 9.17) is 0 Å². The molecule has 1 saturated heterocycles. The molecule has 0 saturated carbocycles. The van der Waals surface area contributed by atoms with E-state index in [2.05, 4.69) is 5.32 Å². The van der Waals surface area contributed by atoms with Gasteiger partial charge < -0.3 is 10.2 Å². The van der Waals surface area contributed by atoms with Crippen molar-refractivity contribution in [2.45, 2.75) is 12.2 Å². The Labute approximate surface area is 56.5 Å². The molecule has 2 atom stereocenters. The minimum Gasteiger partial charge on any atom is -0.313 e. The number of likely N-dealkylation sites (N-methyl/N-ethyl adjacent to an activating group) is 2. The molecule has 0 amide bonds. The summed E-state index contributed by atoms with van der Waals surface area (Å²) in [5, 5.41) is 2.93. The first-order valence-electron chi connectivity index (χ1n) is 3.24. The number of hydrogen-bond donors (Lipinski definition) is 1. The molecule has 0 aromatic carbocycles. The van der Waals surface area contributed by atoms with Gasteiger partial charge in [0.05, 0.1) is 6.04 Å². The van der Waals surface area contributed by atoms with Gasteiger partial charge in [0.15, 0.2) is 0 Å². The first kappa shape index (κ1) is 6.96. The van der Waals surface area contributed by atoms with Crippen molar-refractivity contribution in [1.82, 2.24) is 10.2 Å². The van der Waals surface area contributed by atoms with E-state index >= 15 is 0 Å². The summed E-state index contributed by atoms with van der Waals surface area (Å²) in [6.07, 6.45) is -0.681. The van der Waals surface area contributed by atoms with Crippen LogP contribution in [0.15, 0.2) is 0 Å². The number of hydrogen-bond acceptors (Lipinski definition) is 2. The standard InChI is InChI=1S/C6H13FN2.H2/c1-8-6-4-9(2)3-5(6)7;/h5-6,8H,3-4H2,1-2H3;1H. The molecule has 0 aliphatic carbocycles. The highest BCUT2D eigenvalue weighted by Crippen LogP contribution is 2.09. The Kier molecular flexibility index (Phi) is 2.03.